The normalized spacial score (nSPS) is 13.0. The highest BCUT2D eigenvalue weighted by molar-refractivity contribution is 7.90. The minimum absolute atomic E-state index is 0.0181. The van der Waals surface area contributed by atoms with Crippen LogP contribution in [0.25, 0.3) is 0 Å². The third kappa shape index (κ3) is 5.67. The third-order valence-electron chi connectivity index (χ3n) is 3.21. The maximum atomic E-state index is 12.1. The molecule has 1 rings (SSSR count). The standard InChI is InChI=1S/C15H22ClNO3S/c1-4-5-6-7-11(2)17-15(18)12-8-9-13(16)14(10-12)21(3,19)20/h8-11H,4-7H2,1-3H3,(H,17,18). The van der Waals surface area contributed by atoms with E-state index < -0.39 is 9.84 Å². The Morgan fingerprint density at radius 3 is 2.57 bits per heavy atom. The van der Waals surface area contributed by atoms with Crippen LogP contribution in [0.3, 0.4) is 0 Å². The summed E-state index contributed by atoms with van der Waals surface area (Å²) in [6, 6.07) is 4.35. The van der Waals surface area contributed by atoms with Crippen molar-refractivity contribution < 1.29 is 13.2 Å². The van der Waals surface area contributed by atoms with E-state index >= 15 is 0 Å². The first kappa shape index (κ1) is 18.0. The molecule has 1 atom stereocenters. The molecule has 0 fully saturated rings. The largest absolute Gasteiger partial charge is 0.350 e. The van der Waals surface area contributed by atoms with E-state index in [4.69, 9.17) is 11.6 Å². The van der Waals surface area contributed by atoms with Gasteiger partial charge in [-0.15, -0.1) is 0 Å². The molecule has 1 aromatic rings. The summed E-state index contributed by atoms with van der Waals surface area (Å²) in [5, 5.41) is 3.01. The van der Waals surface area contributed by atoms with Gasteiger partial charge in [0.2, 0.25) is 0 Å². The fourth-order valence-corrected chi connectivity index (χ4v) is 3.31. The lowest BCUT2D eigenvalue weighted by atomic mass is 10.1. The van der Waals surface area contributed by atoms with Crippen molar-refractivity contribution in [3.63, 3.8) is 0 Å². The molecule has 21 heavy (non-hydrogen) atoms. The molecule has 1 aromatic carbocycles. The van der Waals surface area contributed by atoms with Crippen molar-refractivity contribution in [2.75, 3.05) is 6.26 Å². The van der Waals surface area contributed by atoms with Crippen molar-refractivity contribution in [3.05, 3.63) is 28.8 Å². The molecular weight excluding hydrogens is 310 g/mol. The van der Waals surface area contributed by atoms with Gasteiger partial charge in [0.25, 0.3) is 5.91 Å². The Balaban J connectivity index is 2.80. The maximum Gasteiger partial charge on any atom is 0.251 e. The van der Waals surface area contributed by atoms with Crippen LogP contribution in [0.2, 0.25) is 5.02 Å². The molecule has 118 valence electrons. The van der Waals surface area contributed by atoms with Gasteiger partial charge in [-0.1, -0.05) is 37.8 Å². The van der Waals surface area contributed by atoms with E-state index in [9.17, 15) is 13.2 Å². The average molecular weight is 332 g/mol. The topological polar surface area (TPSA) is 63.2 Å². The predicted molar refractivity (Wildman–Crippen MR) is 85.6 cm³/mol. The van der Waals surface area contributed by atoms with Crippen LogP contribution in [0.5, 0.6) is 0 Å². The second kappa shape index (κ2) is 7.80. The zero-order valence-corrected chi connectivity index (χ0v) is 14.2. The average Bonchev–Trinajstić information content (AvgIpc) is 2.38. The van der Waals surface area contributed by atoms with Crippen molar-refractivity contribution in [1.82, 2.24) is 5.32 Å². The van der Waals surface area contributed by atoms with Gasteiger partial charge in [-0.25, -0.2) is 8.42 Å². The lowest BCUT2D eigenvalue weighted by molar-refractivity contribution is 0.0937. The van der Waals surface area contributed by atoms with Gasteiger partial charge in [-0.2, -0.15) is 0 Å². The van der Waals surface area contributed by atoms with Gasteiger partial charge < -0.3 is 5.32 Å². The zero-order valence-electron chi connectivity index (χ0n) is 12.6. The Bertz CT molecular complexity index is 599. The Morgan fingerprint density at radius 2 is 2.00 bits per heavy atom. The number of hydrogen-bond donors (Lipinski definition) is 1. The van der Waals surface area contributed by atoms with Crippen LogP contribution in [0.15, 0.2) is 23.1 Å². The molecule has 0 bridgehead atoms. The highest BCUT2D eigenvalue weighted by Crippen LogP contribution is 2.22. The second-order valence-corrected chi connectivity index (χ2v) is 7.68. The van der Waals surface area contributed by atoms with Crippen molar-refractivity contribution in [2.24, 2.45) is 0 Å². The van der Waals surface area contributed by atoms with Gasteiger partial charge in [-0.3, -0.25) is 4.79 Å². The molecule has 0 aromatic heterocycles. The second-order valence-electron chi connectivity index (χ2n) is 5.29. The fraction of sp³-hybridized carbons (Fsp3) is 0.533. The lowest BCUT2D eigenvalue weighted by Gasteiger charge is -2.14. The number of halogens is 1. The summed E-state index contributed by atoms with van der Waals surface area (Å²) >= 11 is 5.86. The summed E-state index contributed by atoms with van der Waals surface area (Å²) in [6.45, 7) is 4.07. The van der Waals surface area contributed by atoms with E-state index in [2.05, 4.69) is 12.2 Å². The molecule has 0 saturated heterocycles. The third-order valence-corrected chi connectivity index (χ3v) is 4.79. The summed E-state index contributed by atoms with van der Waals surface area (Å²) in [6.07, 6.45) is 5.32. The Morgan fingerprint density at radius 1 is 1.33 bits per heavy atom. The monoisotopic (exact) mass is 331 g/mol. The minimum atomic E-state index is -3.45. The summed E-state index contributed by atoms with van der Waals surface area (Å²) < 4.78 is 23.2. The molecule has 0 aliphatic rings. The molecule has 0 spiro atoms. The van der Waals surface area contributed by atoms with E-state index in [1.165, 1.54) is 18.2 Å². The quantitative estimate of drug-likeness (QED) is 0.778. The van der Waals surface area contributed by atoms with E-state index in [1.807, 2.05) is 6.92 Å². The summed E-state index contributed by atoms with van der Waals surface area (Å²) in [4.78, 5) is 12.1. The minimum Gasteiger partial charge on any atom is -0.350 e. The lowest BCUT2D eigenvalue weighted by Crippen LogP contribution is -2.32. The molecule has 0 aliphatic heterocycles. The summed E-state index contributed by atoms with van der Waals surface area (Å²) in [5.41, 5.74) is 0.308. The van der Waals surface area contributed by atoms with Gasteiger partial charge in [0.05, 0.1) is 9.92 Å². The van der Waals surface area contributed by atoms with Gasteiger partial charge >= 0.3 is 0 Å². The summed E-state index contributed by atoms with van der Waals surface area (Å²) in [5.74, 6) is -0.277. The van der Waals surface area contributed by atoms with Crippen molar-refractivity contribution >= 4 is 27.3 Å². The molecular formula is C15H22ClNO3S. The number of carbonyl (C=O) groups excluding carboxylic acids is 1. The first-order valence-corrected chi connectivity index (χ1v) is 9.33. The van der Waals surface area contributed by atoms with Crippen LogP contribution in [0, 0.1) is 0 Å². The highest BCUT2D eigenvalue weighted by atomic mass is 35.5. The molecule has 1 amide bonds. The number of nitrogens with one attached hydrogen (secondary N) is 1. The Hall–Kier alpha value is -1.07. The van der Waals surface area contributed by atoms with Crippen LogP contribution in [-0.4, -0.2) is 26.6 Å². The van der Waals surface area contributed by atoms with Gasteiger partial charge in [0, 0.05) is 17.9 Å². The Labute approximate surface area is 131 Å². The SMILES string of the molecule is CCCCCC(C)NC(=O)c1ccc(Cl)c(S(C)(=O)=O)c1. The molecule has 4 nitrogen and oxygen atoms in total. The van der Waals surface area contributed by atoms with Crippen LogP contribution >= 0.6 is 11.6 Å². The van der Waals surface area contributed by atoms with Crippen LogP contribution < -0.4 is 5.32 Å². The van der Waals surface area contributed by atoms with Gasteiger partial charge in [-0.05, 0) is 31.5 Å². The molecule has 1 unspecified atom stereocenters. The number of benzene rings is 1. The van der Waals surface area contributed by atoms with E-state index in [1.54, 1.807) is 0 Å². The number of sulfone groups is 1. The van der Waals surface area contributed by atoms with Crippen molar-refractivity contribution in [1.29, 1.82) is 0 Å². The first-order valence-electron chi connectivity index (χ1n) is 7.06. The van der Waals surface area contributed by atoms with Gasteiger partial charge in [0.1, 0.15) is 0 Å². The fourth-order valence-electron chi connectivity index (χ4n) is 2.01. The number of carbonyl (C=O) groups is 1. The van der Waals surface area contributed by atoms with Crippen molar-refractivity contribution in [3.8, 4) is 0 Å². The van der Waals surface area contributed by atoms with Crippen LogP contribution in [0.4, 0.5) is 0 Å². The predicted octanol–water partition coefficient (Wildman–Crippen LogP) is 3.44. The van der Waals surface area contributed by atoms with Crippen LogP contribution in [0.1, 0.15) is 49.9 Å². The number of hydrogen-bond acceptors (Lipinski definition) is 3. The molecule has 1 N–H and O–H groups in total. The summed E-state index contributed by atoms with van der Waals surface area (Å²) in [7, 11) is -3.45. The molecule has 0 aliphatic carbocycles. The maximum absolute atomic E-state index is 12.1. The molecule has 0 radical (unpaired) electrons. The number of unbranched alkanes of at least 4 members (excludes halogenated alkanes) is 2. The molecule has 6 heteroatoms. The van der Waals surface area contributed by atoms with Crippen molar-refractivity contribution in [2.45, 2.75) is 50.5 Å². The highest BCUT2D eigenvalue weighted by Gasteiger charge is 2.16. The first-order chi connectivity index (χ1) is 9.75. The van der Waals surface area contributed by atoms with E-state index in [0.29, 0.717) is 5.56 Å². The van der Waals surface area contributed by atoms with E-state index in [-0.39, 0.29) is 21.9 Å². The number of amides is 1. The smallest absolute Gasteiger partial charge is 0.251 e. The number of rotatable bonds is 7. The molecule has 0 heterocycles. The zero-order chi connectivity index (χ0) is 16.0. The van der Waals surface area contributed by atoms with E-state index in [0.717, 1.165) is 31.9 Å². The molecule has 0 saturated carbocycles. The van der Waals surface area contributed by atoms with Crippen LogP contribution in [-0.2, 0) is 9.84 Å². The Kier molecular flexibility index (Phi) is 6.68. The van der Waals surface area contributed by atoms with Gasteiger partial charge in [0.15, 0.2) is 9.84 Å².